The van der Waals surface area contributed by atoms with E-state index in [2.05, 4.69) is 40.6 Å². The number of carbonyl (C=O) groups is 1. The Morgan fingerprint density at radius 3 is 2.45 bits per heavy atom. The number of fused-ring (bicyclic) bond motifs is 1. The molecule has 0 atom stereocenters. The fourth-order valence-corrected chi connectivity index (χ4v) is 3.40. The Morgan fingerprint density at radius 2 is 1.74 bits per heavy atom. The Labute approximate surface area is 221 Å². The standard InChI is InChI=1S/C24H27N7O4.C2H6O/c1-14-5-7-17(18(11-14)27-15(2)32)29-23-21-22(26-13-25-21)30-24(31-23)28-16-6-8-19(20(12-16)34-4)35-10-9-33-3;1-3-2/h5-8,11-13H,9-10H2,1-4H3,(H,27,32)(H3,25,26,28,29,30,31);1-2H3. The zero-order valence-electron chi connectivity index (χ0n) is 22.3. The molecule has 1 amide bonds. The zero-order valence-corrected chi connectivity index (χ0v) is 22.3. The van der Waals surface area contributed by atoms with Crippen molar-refractivity contribution in [2.45, 2.75) is 13.8 Å². The number of aromatic amines is 1. The number of aromatic nitrogens is 4. The molecule has 202 valence electrons. The number of nitrogens with one attached hydrogen (secondary N) is 4. The van der Waals surface area contributed by atoms with Gasteiger partial charge in [-0.2, -0.15) is 9.97 Å². The molecule has 4 aromatic rings. The predicted molar refractivity (Wildman–Crippen MR) is 147 cm³/mol. The first kappa shape index (κ1) is 28.2. The van der Waals surface area contributed by atoms with E-state index in [0.29, 0.717) is 64.7 Å². The van der Waals surface area contributed by atoms with Gasteiger partial charge in [0.2, 0.25) is 11.9 Å². The fraction of sp³-hybridized carbons (Fsp3) is 0.308. The van der Waals surface area contributed by atoms with Crippen LogP contribution < -0.4 is 25.4 Å². The summed E-state index contributed by atoms with van der Waals surface area (Å²) in [4.78, 5) is 28.2. The zero-order chi connectivity index (χ0) is 27.5. The Morgan fingerprint density at radius 1 is 0.947 bits per heavy atom. The lowest BCUT2D eigenvalue weighted by Crippen LogP contribution is -2.09. The van der Waals surface area contributed by atoms with Crippen molar-refractivity contribution in [2.75, 3.05) is 57.6 Å². The van der Waals surface area contributed by atoms with Crippen LogP contribution in [-0.4, -0.2) is 67.5 Å². The summed E-state index contributed by atoms with van der Waals surface area (Å²) in [5.41, 5.74) is 4.15. The first-order valence-corrected chi connectivity index (χ1v) is 11.7. The van der Waals surface area contributed by atoms with Gasteiger partial charge in [-0.25, -0.2) is 4.98 Å². The molecule has 38 heavy (non-hydrogen) atoms. The summed E-state index contributed by atoms with van der Waals surface area (Å²) in [6.07, 6.45) is 1.55. The van der Waals surface area contributed by atoms with E-state index in [1.807, 2.05) is 31.2 Å². The van der Waals surface area contributed by atoms with Crippen LogP contribution in [0.2, 0.25) is 0 Å². The number of imidazole rings is 1. The largest absolute Gasteiger partial charge is 0.493 e. The molecule has 0 radical (unpaired) electrons. The number of benzene rings is 2. The molecule has 0 spiro atoms. The van der Waals surface area contributed by atoms with E-state index in [9.17, 15) is 4.79 Å². The summed E-state index contributed by atoms with van der Waals surface area (Å²) in [5, 5.41) is 9.33. The third-order valence-corrected chi connectivity index (χ3v) is 4.99. The SMILES string of the molecule is COC.COCCOc1ccc(Nc2nc(Nc3ccc(C)cc3NC(C)=O)c3[nH]cnc3n2)cc1OC. The summed E-state index contributed by atoms with van der Waals surface area (Å²) in [6, 6.07) is 11.1. The van der Waals surface area contributed by atoms with E-state index in [1.165, 1.54) is 6.92 Å². The highest BCUT2D eigenvalue weighted by Gasteiger charge is 2.14. The molecule has 0 aliphatic carbocycles. The van der Waals surface area contributed by atoms with Gasteiger partial charge >= 0.3 is 0 Å². The molecule has 12 heteroatoms. The molecule has 0 saturated carbocycles. The molecule has 0 bridgehead atoms. The summed E-state index contributed by atoms with van der Waals surface area (Å²) in [5.74, 6) is 1.82. The topological polar surface area (TPSA) is 145 Å². The summed E-state index contributed by atoms with van der Waals surface area (Å²) in [7, 11) is 6.44. The minimum Gasteiger partial charge on any atom is -0.493 e. The van der Waals surface area contributed by atoms with Crippen molar-refractivity contribution in [1.82, 2.24) is 19.9 Å². The molecule has 4 rings (SSSR count). The smallest absolute Gasteiger partial charge is 0.231 e. The van der Waals surface area contributed by atoms with Gasteiger partial charge in [0, 0.05) is 40.0 Å². The Hall–Kier alpha value is -4.42. The number of methoxy groups -OCH3 is 3. The van der Waals surface area contributed by atoms with E-state index >= 15 is 0 Å². The van der Waals surface area contributed by atoms with Crippen LogP contribution in [0, 0.1) is 6.92 Å². The normalized spacial score (nSPS) is 10.4. The minimum absolute atomic E-state index is 0.168. The van der Waals surface area contributed by atoms with Gasteiger partial charge in [-0.15, -0.1) is 0 Å². The van der Waals surface area contributed by atoms with E-state index in [1.54, 1.807) is 46.9 Å². The van der Waals surface area contributed by atoms with E-state index in [-0.39, 0.29) is 5.91 Å². The lowest BCUT2D eigenvalue weighted by molar-refractivity contribution is -0.114. The summed E-state index contributed by atoms with van der Waals surface area (Å²) >= 11 is 0. The van der Waals surface area contributed by atoms with Gasteiger partial charge in [0.15, 0.2) is 23.0 Å². The van der Waals surface area contributed by atoms with Crippen LogP contribution in [0.1, 0.15) is 12.5 Å². The van der Waals surface area contributed by atoms with Crippen LogP contribution in [0.25, 0.3) is 11.2 Å². The maximum Gasteiger partial charge on any atom is 0.231 e. The van der Waals surface area contributed by atoms with Crippen LogP contribution in [0.3, 0.4) is 0 Å². The van der Waals surface area contributed by atoms with Gasteiger partial charge in [0.05, 0.1) is 31.4 Å². The number of hydrogen-bond donors (Lipinski definition) is 4. The highest BCUT2D eigenvalue weighted by Crippen LogP contribution is 2.33. The molecule has 2 aromatic carbocycles. The lowest BCUT2D eigenvalue weighted by atomic mass is 10.2. The van der Waals surface area contributed by atoms with Crippen molar-refractivity contribution in [3.63, 3.8) is 0 Å². The van der Waals surface area contributed by atoms with Gasteiger partial charge in [0.1, 0.15) is 12.1 Å². The molecule has 0 saturated heterocycles. The Bertz CT molecular complexity index is 1360. The molecule has 2 aromatic heterocycles. The maximum absolute atomic E-state index is 11.7. The van der Waals surface area contributed by atoms with E-state index in [0.717, 1.165) is 5.56 Å². The molecule has 0 aliphatic rings. The summed E-state index contributed by atoms with van der Waals surface area (Å²) in [6.45, 7) is 4.30. The number of nitrogens with zero attached hydrogens (tertiary/aromatic N) is 3. The van der Waals surface area contributed by atoms with Gasteiger partial charge < -0.3 is 39.9 Å². The van der Waals surface area contributed by atoms with Crippen molar-refractivity contribution in [3.05, 3.63) is 48.3 Å². The molecule has 2 heterocycles. The summed E-state index contributed by atoms with van der Waals surface area (Å²) < 4.78 is 20.4. The monoisotopic (exact) mass is 523 g/mol. The first-order valence-electron chi connectivity index (χ1n) is 11.7. The third-order valence-electron chi connectivity index (χ3n) is 4.99. The quantitative estimate of drug-likeness (QED) is 0.221. The lowest BCUT2D eigenvalue weighted by Gasteiger charge is -2.15. The fourth-order valence-electron chi connectivity index (χ4n) is 3.40. The second-order valence-electron chi connectivity index (χ2n) is 8.09. The predicted octanol–water partition coefficient (Wildman–Crippen LogP) is 4.40. The number of ether oxygens (including phenoxy) is 4. The average Bonchev–Trinajstić information content (AvgIpc) is 3.36. The molecular formula is C26H33N7O5. The second-order valence-corrected chi connectivity index (χ2v) is 8.09. The average molecular weight is 524 g/mol. The van der Waals surface area contributed by atoms with Crippen LogP contribution in [0.15, 0.2) is 42.7 Å². The van der Waals surface area contributed by atoms with Crippen LogP contribution in [0.5, 0.6) is 11.5 Å². The molecule has 0 unspecified atom stereocenters. The first-order chi connectivity index (χ1) is 18.4. The van der Waals surface area contributed by atoms with Crippen LogP contribution in [-0.2, 0) is 14.3 Å². The molecule has 0 aliphatic heterocycles. The number of hydrogen-bond acceptors (Lipinski definition) is 10. The second kappa shape index (κ2) is 13.8. The van der Waals surface area contributed by atoms with Gasteiger partial charge in [-0.1, -0.05) is 6.07 Å². The van der Waals surface area contributed by atoms with Crippen molar-refractivity contribution >= 4 is 45.9 Å². The van der Waals surface area contributed by atoms with Gasteiger partial charge in [0.25, 0.3) is 0 Å². The maximum atomic E-state index is 11.7. The highest BCUT2D eigenvalue weighted by atomic mass is 16.5. The third kappa shape index (κ3) is 7.54. The molecule has 4 N–H and O–H groups in total. The van der Waals surface area contributed by atoms with E-state index in [4.69, 9.17) is 14.2 Å². The minimum atomic E-state index is -0.168. The van der Waals surface area contributed by atoms with Crippen LogP contribution >= 0.6 is 0 Å². The van der Waals surface area contributed by atoms with Gasteiger partial charge in [-0.3, -0.25) is 4.79 Å². The number of anilines is 5. The Kier molecular flexibility index (Phi) is 10.2. The van der Waals surface area contributed by atoms with Crippen molar-refractivity contribution in [3.8, 4) is 11.5 Å². The van der Waals surface area contributed by atoms with Gasteiger partial charge in [-0.05, 0) is 36.8 Å². The van der Waals surface area contributed by atoms with Crippen molar-refractivity contribution in [2.24, 2.45) is 0 Å². The van der Waals surface area contributed by atoms with Crippen molar-refractivity contribution in [1.29, 1.82) is 0 Å². The molecule has 0 fully saturated rings. The van der Waals surface area contributed by atoms with E-state index < -0.39 is 0 Å². The van der Waals surface area contributed by atoms with Crippen LogP contribution in [0.4, 0.5) is 28.8 Å². The van der Waals surface area contributed by atoms with Crippen molar-refractivity contribution < 1.29 is 23.7 Å². The molecular weight excluding hydrogens is 490 g/mol. The number of aryl methyl sites for hydroxylation is 1. The highest BCUT2D eigenvalue weighted by molar-refractivity contribution is 5.95. The number of H-pyrrole nitrogens is 1. The number of rotatable bonds is 10. The number of carbonyl (C=O) groups excluding carboxylic acids is 1. The Balaban J connectivity index is 0.00000127. The molecule has 12 nitrogen and oxygen atoms in total. The number of amides is 1.